The first-order valence-corrected chi connectivity index (χ1v) is 14.2. The summed E-state index contributed by atoms with van der Waals surface area (Å²) >= 11 is 0. The summed E-state index contributed by atoms with van der Waals surface area (Å²) in [5.74, 6) is -0.845. The van der Waals surface area contributed by atoms with Crippen LogP contribution in [0.5, 0.6) is 0 Å². The summed E-state index contributed by atoms with van der Waals surface area (Å²) < 4.78 is 34.8. The molecule has 1 aliphatic carbocycles. The molecule has 2 aromatic carbocycles. The van der Waals surface area contributed by atoms with Gasteiger partial charge in [-0.25, -0.2) is 18.6 Å². The molecule has 0 saturated carbocycles. The van der Waals surface area contributed by atoms with E-state index in [4.69, 9.17) is 4.74 Å². The molecular formula is C30H36F2N6O3. The number of fused-ring (bicyclic) bond motifs is 1. The molecule has 0 spiro atoms. The molecule has 1 aliphatic heterocycles. The minimum Gasteiger partial charge on any atom is -0.448 e. The number of para-hydroxylation sites is 1. The molecule has 11 heteroatoms. The highest BCUT2D eigenvalue weighted by molar-refractivity contribution is 5.94. The van der Waals surface area contributed by atoms with Gasteiger partial charge in [0.25, 0.3) is 0 Å². The molecule has 3 N–H and O–H groups in total. The SMILES string of the molecule is CCCC(N[C@H]1CCc2cc(F)cc(F)c2C1)C(=O)Nc1cn(-c2ccccc2CNCCN2CCOC2=O)cn1. The van der Waals surface area contributed by atoms with E-state index in [0.717, 1.165) is 23.7 Å². The lowest BCUT2D eigenvalue weighted by Crippen LogP contribution is -2.48. The Morgan fingerprint density at radius 2 is 2.10 bits per heavy atom. The number of imidazole rings is 1. The number of nitrogens with zero attached hydrogens (tertiary/aromatic N) is 3. The molecule has 1 aromatic heterocycles. The second-order valence-corrected chi connectivity index (χ2v) is 10.5. The van der Waals surface area contributed by atoms with Crippen molar-refractivity contribution in [1.82, 2.24) is 25.1 Å². The normalized spacial score (nSPS) is 17.3. The zero-order valence-electron chi connectivity index (χ0n) is 23.2. The van der Waals surface area contributed by atoms with Crippen LogP contribution in [-0.4, -0.2) is 64.8 Å². The van der Waals surface area contributed by atoms with E-state index in [9.17, 15) is 18.4 Å². The molecule has 2 atom stereocenters. The molecule has 218 valence electrons. The predicted molar refractivity (Wildman–Crippen MR) is 151 cm³/mol. The van der Waals surface area contributed by atoms with E-state index < -0.39 is 17.7 Å². The average Bonchev–Trinajstić information content (AvgIpc) is 3.60. The fraction of sp³-hybridized carbons (Fsp3) is 0.433. The van der Waals surface area contributed by atoms with E-state index in [0.29, 0.717) is 75.4 Å². The number of carbonyl (C=O) groups excluding carboxylic acids is 2. The third-order valence-corrected chi connectivity index (χ3v) is 7.62. The van der Waals surface area contributed by atoms with Gasteiger partial charge in [-0.3, -0.25) is 4.79 Å². The van der Waals surface area contributed by atoms with Gasteiger partial charge in [-0.15, -0.1) is 0 Å². The van der Waals surface area contributed by atoms with Gasteiger partial charge in [0.05, 0.1) is 24.5 Å². The molecule has 1 saturated heterocycles. The summed E-state index contributed by atoms with van der Waals surface area (Å²) in [4.78, 5) is 31.0. The van der Waals surface area contributed by atoms with Crippen LogP contribution >= 0.6 is 0 Å². The van der Waals surface area contributed by atoms with Crippen LogP contribution in [0, 0.1) is 11.6 Å². The number of halogens is 2. The van der Waals surface area contributed by atoms with Crippen LogP contribution in [0.2, 0.25) is 0 Å². The van der Waals surface area contributed by atoms with Gasteiger partial charge >= 0.3 is 6.09 Å². The first-order valence-electron chi connectivity index (χ1n) is 14.2. The molecule has 1 unspecified atom stereocenters. The van der Waals surface area contributed by atoms with Gasteiger partial charge in [-0.2, -0.15) is 0 Å². The van der Waals surface area contributed by atoms with Crippen LogP contribution < -0.4 is 16.0 Å². The van der Waals surface area contributed by atoms with E-state index in [1.165, 1.54) is 6.07 Å². The second-order valence-electron chi connectivity index (χ2n) is 10.5. The molecular weight excluding hydrogens is 530 g/mol. The smallest absolute Gasteiger partial charge is 0.409 e. The van der Waals surface area contributed by atoms with E-state index in [1.807, 2.05) is 35.8 Å². The Hall–Kier alpha value is -3.83. The summed E-state index contributed by atoms with van der Waals surface area (Å²) in [5.41, 5.74) is 3.20. The Morgan fingerprint density at radius 1 is 1.24 bits per heavy atom. The number of anilines is 1. The molecule has 41 heavy (non-hydrogen) atoms. The van der Waals surface area contributed by atoms with E-state index in [2.05, 4.69) is 20.9 Å². The Morgan fingerprint density at radius 3 is 2.90 bits per heavy atom. The first-order chi connectivity index (χ1) is 19.9. The van der Waals surface area contributed by atoms with Crippen molar-refractivity contribution in [1.29, 1.82) is 0 Å². The number of cyclic esters (lactones) is 1. The molecule has 2 heterocycles. The predicted octanol–water partition coefficient (Wildman–Crippen LogP) is 3.95. The van der Waals surface area contributed by atoms with Crippen molar-refractivity contribution in [2.45, 2.75) is 57.7 Å². The largest absolute Gasteiger partial charge is 0.448 e. The zero-order chi connectivity index (χ0) is 28.8. The van der Waals surface area contributed by atoms with E-state index in [1.54, 1.807) is 17.4 Å². The maximum atomic E-state index is 14.4. The molecule has 2 amide bonds. The minimum absolute atomic E-state index is 0.0854. The Bertz CT molecular complexity index is 1380. The lowest BCUT2D eigenvalue weighted by molar-refractivity contribution is -0.118. The van der Waals surface area contributed by atoms with Gasteiger partial charge in [0, 0.05) is 31.7 Å². The summed E-state index contributed by atoms with van der Waals surface area (Å²) in [7, 11) is 0. The maximum Gasteiger partial charge on any atom is 0.409 e. The van der Waals surface area contributed by atoms with Crippen LogP contribution in [0.3, 0.4) is 0 Å². The monoisotopic (exact) mass is 566 g/mol. The number of hydrogen-bond acceptors (Lipinski definition) is 6. The summed E-state index contributed by atoms with van der Waals surface area (Å²) in [6, 6.07) is 9.68. The van der Waals surface area contributed by atoms with E-state index in [-0.39, 0.29) is 18.0 Å². The number of aromatic nitrogens is 2. The highest BCUT2D eigenvalue weighted by Gasteiger charge is 2.27. The molecule has 0 bridgehead atoms. The standard InChI is InChI=1S/C30H36F2N6O3/c1-2-5-26(35-23-9-8-20-14-22(31)15-25(32)24(20)16-23)29(39)36-28-18-38(19-34-28)27-7-4-3-6-21(27)17-33-10-11-37-12-13-41-30(37)40/h3-4,6-7,14-15,18-19,23,26,33,35H,2,5,8-13,16-17H2,1H3,(H,36,39)/t23-,26?/m0/s1. The van der Waals surface area contributed by atoms with E-state index >= 15 is 0 Å². The number of carbonyl (C=O) groups is 2. The number of rotatable bonds is 12. The van der Waals surface area contributed by atoms with Crippen molar-refractivity contribution in [2.75, 3.05) is 31.6 Å². The molecule has 0 radical (unpaired) electrons. The molecule has 2 aliphatic rings. The lowest BCUT2D eigenvalue weighted by atomic mass is 9.87. The summed E-state index contributed by atoms with van der Waals surface area (Å²) in [6.07, 6.45) is 6.25. The maximum absolute atomic E-state index is 14.4. The van der Waals surface area contributed by atoms with Crippen LogP contribution in [0.1, 0.15) is 42.9 Å². The highest BCUT2D eigenvalue weighted by atomic mass is 19.1. The minimum atomic E-state index is -0.556. The van der Waals surface area contributed by atoms with Crippen molar-refractivity contribution in [3.05, 3.63) is 77.2 Å². The van der Waals surface area contributed by atoms with Crippen molar-refractivity contribution in [3.8, 4) is 5.69 Å². The fourth-order valence-electron chi connectivity index (χ4n) is 5.50. The van der Waals surface area contributed by atoms with Crippen molar-refractivity contribution in [3.63, 3.8) is 0 Å². The van der Waals surface area contributed by atoms with Gasteiger partial charge in [0.1, 0.15) is 24.6 Å². The Labute approximate surface area is 238 Å². The zero-order valence-corrected chi connectivity index (χ0v) is 23.2. The molecule has 9 nitrogen and oxygen atoms in total. The van der Waals surface area contributed by atoms with Gasteiger partial charge in [0.15, 0.2) is 5.82 Å². The topological polar surface area (TPSA) is 101 Å². The fourth-order valence-corrected chi connectivity index (χ4v) is 5.50. The quantitative estimate of drug-likeness (QED) is 0.287. The molecule has 5 rings (SSSR count). The number of aryl methyl sites for hydroxylation is 1. The van der Waals surface area contributed by atoms with Crippen molar-refractivity contribution >= 4 is 17.8 Å². The van der Waals surface area contributed by atoms with Crippen molar-refractivity contribution in [2.24, 2.45) is 0 Å². The third kappa shape index (κ3) is 7.09. The molecule has 1 fully saturated rings. The van der Waals surface area contributed by atoms with Crippen molar-refractivity contribution < 1.29 is 23.1 Å². The Kier molecular flexibility index (Phi) is 9.25. The lowest BCUT2D eigenvalue weighted by Gasteiger charge is -2.29. The number of amides is 2. The number of ether oxygens (including phenoxy) is 1. The summed E-state index contributed by atoms with van der Waals surface area (Å²) in [6.45, 7) is 4.88. The van der Waals surface area contributed by atoms with Gasteiger partial charge in [-0.05, 0) is 54.5 Å². The van der Waals surface area contributed by atoms with Gasteiger partial charge in [-0.1, -0.05) is 31.5 Å². The number of hydrogen-bond donors (Lipinski definition) is 3. The third-order valence-electron chi connectivity index (χ3n) is 7.62. The van der Waals surface area contributed by atoms with Crippen LogP contribution in [-0.2, 0) is 28.9 Å². The van der Waals surface area contributed by atoms with Gasteiger partial charge in [0.2, 0.25) is 5.91 Å². The number of nitrogens with one attached hydrogen (secondary N) is 3. The van der Waals surface area contributed by atoms with Gasteiger partial charge < -0.3 is 30.2 Å². The second kappa shape index (κ2) is 13.2. The van der Waals surface area contributed by atoms with Crippen LogP contribution in [0.25, 0.3) is 5.69 Å². The summed E-state index contributed by atoms with van der Waals surface area (Å²) in [5, 5.41) is 9.72. The Balaban J connectivity index is 1.18. The van der Waals surface area contributed by atoms with Crippen LogP contribution in [0.15, 0.2) is 48.9 Å². The highest BCUT2D eigenvalue weighted by Crippen LogP contribution is 2.26. The number of benzene rings is 2. The molecule has 3 aromatic rings. The first kappa shape index (κ1) is 28.7. The average molecular weight is 567 g/mol. The van der Waals surface area contributed by atoms with Crippen LogP contribution in [0.4, 0.5) is 19.4 Å².